The van der Waals surface area contributed by atoms with Crippen LogP contribution < -0.4 is 25.6 Å². The summed E-state index contributed by atoms with van der Waals surface area (Å²) in [6.45, 7) is 0.193. The number of nitrogens with one attached hydrogen (secondary N) is 4. The fourth-order valence-electron chi connectivity index (χ4n) is 6.00. The number of amides is 5. The molecule has 2 aliphatic heterocycles. The molecule has 1 atom stereocenters. The van der Waals surface area contributed by atoms with Crippen LogP contribution in [0.1, 0.15) is 65.7 Å². The molecule has 6 rings (SSSR count). The Balaban J connectivity index is 0.901. The van der Waals surface area contributed by atoms with Crippen molar-refractivity contribution in [3.8, 4) is 17.0 Å². The number of imide groups is 1. The Hall–Kier alpha value is -5.74. The van der Waals surface area contributed by atoms with Crippen molar-refractivity contribution in [1.29, 1.82) is 0 Å². The zero-order valence-electron chi connectivity index (χ0n) is 28.5. The van der Waals surface area contributed by atoms with Crippen LogP contribution in [0.25, 0.3) is 11.3 Å². The fourth-order valence-corrected chi connectivity index (χ4v) is 7.17. The van der Waals surface area contributed by atoms with Crippen LogP contribution in [-0.4, -0.2) is 70.6 Å². The Bertz CT molecular complexity index is 2120. The minimum Gasteiger partial charge on any atom is -0.485 e. The van der Waals surface area contributed by atoms with E-state index < -0.39 is 11.9 Å². The molecule has 4 heterocycles. The van der Waals surface area contributed by atoms with Gasteiger partial charge in [-0.05, 0) is 61.0 Å². The third kappa shape index (κ3) is 9.78. The van der Waals surface area contributed by atoms with Crippen LogP contribution in [0.4, 0.5) is 11.4 Å². The highest BCUT2D eigenvalue weighted by Gasteiger charge is 2.40. The molecule has 0 radical (unpaired) electrons. The summed E-state index contributed by atoms with van der Waals surface area (Å²) in [5.74, 6) is -1.51. The summed E-state index contributed by atoms with van der Waals surface area (Å²) in [7, 11) is 0. The minimum absolute atomic E-state index is 0.108. The zero-order valence-corrected chi connectivity index (χ0v) is 30.1. The number of fused-ring (bicyclic) bond motifs is 1. The second kappa shape index (κ2) is 17.2. The van der Waals surface area contributed by atoms with Crippen LogP contribution in [-0.2, 0) is 30.5 Å². The van der Waals surface area contributed by atoms with Crippen LogP contribution in [0.2, 0.25) is 0 Å². The Morgan fingerprint density at radius 3 is 2.60 bits per heavy atom. The third-order valence-corrected chi connectivity index (χ3v) is 10.1. The number of rotatable bonds is 16. The molecular formula is C37H36N6O8S2. The minimum atomic E-state index is -0.750. The number of thiazole rings is 1. The van der Waals surface area contributed by atoms with Gasteiger partial charge in [0.05, 0.1) is 17.9 Å². The molecule has 1 unspecified atom stereocenters. The van der Waals surface area contributed by atoms with Gasteiger partial charge in [0.1, 0.15) is 18.4 Å². The van der Waals surface area contributed by atoms with Gasteiger partial charge in [-0.25, -0.2) is 0 Å². The number of H-pyrrole nitrogens is 1. The average Bonchev–Trinajstić information content (AvgIpc) is 3.89. The lowest BCUT2D eigenvalue weighted by Crippen LogP contribution is -2.52. The van der Waals surface area contributed by atoms with Gasteiger partial charge in [-0.1, -0.05) is 23.5 Å². The van der Waals surface area contributed by atoms with Gasteiger partial charge in [-0.15, -0.1) is 11.3 Å². The summed E-state index contributed by atoms with van der Waals surface area (Å²) in [5.41, 5.74) is 3.40. The lowest BCUT2D eigenvalue weighted by molar-refractivity contribution is -0.137. The number of hydrogen-bond acceptors (Lipinski definition) is 11. The number of Topliss-reactive ketones (excluding diaryl/α,β-unsaturated/α-hetero) is 1. The van der Waals surface area contributed by atoms with E-state index in [0.29, 0.717) is 52.4 Å². The second-order valence-electron chi connectivity index (χ2n) is 12.5. The van der Waals surface area contributed by atoms with Crippen LogP contribution in [0.15, 0.2) is 69.1 Å². The lowest BCUT2D eigenvalue weighted by atomic mass is 10.0. The molecule has 5 amide bonds. The number of hydrogen-bond donors (Lipinski definition) is 4. The highest BCUT2D eigenvalue weighted by atomic mass is 32.1. The molecule has 1 fully saturated rings. The quantitative estimate of drug-likeness (QED) is 0.0737. The summed E-state index contributed by atoms with van der Waals surface area (Å²) in [6.07, 6.45) is 3.24. The van der Waals surface area contributed by atoms with E-state index in [-0.39, 0.29) is 86.1 Å². The molecule has 2 aliphatic rings. The molecule has 0 bridgehead atoms. The van der Waals surface area contributed by atoms with E-state index in [0.717, 1.165) is 16.2 Å². The van der Waals surface area contributed by atoms with Crippen molar-refractivity contribution in [2.45, 2.75) is 57.5 Å². The smallest absolute Gasteiger partial charge is 0.304 e. The maximum atomic E-state index is 13.0. The van der Waals surface area contributed by atoms with Gasteiger partial charge in [-0.3, -0.25) is 43.9 Å². The summed E-state index contributed by atoms with van der Waals surface area (Å²) in [5, 5.41) is 11.6. The number of benzene rings is 2. The predicted molar refractivity (Wildman–Crippen MR) is 200 cm³/mol. The largest absolute Gasteiger partial charge is 0.485 e. The van der Waals surface area contributed by atoms with Crippen molar-refractivity contribution in [2.75, 3.05) is 18.5 Å². The van der Waals surface area contributed by atoms with Crippen LogP contribution in [0.5, 0.6) is 5.75 Å². The topological polar surface area (TPSA) is 196 Å². The van der Waals surface area contributed by atoms with Gasteiger partial charge >= 0.3 is 4.87 Å². The number of thiophene rings is 1. The van der Waals surface area contributed by atoms with E-state index in [2.05, 4.69) is 25.9 Å². The SMILES string of the molecule is O=C(CCCNC(=O)CCCC(=O)Nc1cc(N=Cc2cccs2)cc(-c2csc(=O)[nH]2)c1)COc1cccc2c1CN(C1CCC(=O)NC1=O)C2=O. The number of aromatic nitrogens is 1. The van der Waals surface area contributed by atoms with E-state index in [1.165, 1.54) is 4.90 Å². The summed E-state index contributed by atoms with van der Waals surface area (Å²) in [6, 6.07) is 13.4. The molecule has 4 aromatic rings. The molecule has 2 aromatic heterocycles. The standard InChI is InChI=1S/C37H36N6O8S2/c44-25(20-51-31-8-1-7-27-28(31)19-43(36(27)49)30-11-12-34(47)42-35(30)48)5-3-13-38-32(45)9-2-10-33(46)40-24-16-22(29-21-53-37(50)41-29)15-23(17-24)39-18-26-6-4-14-52-26/h1,4,6-8,14-18,21,30H,2-3,5,9-13,19-20H2,(H,38,45)(H,40,46)(H,41,50)(H,42,47,48). The second-order valence-corrected chi connectivity index (χ2v) is 14.3. The van der Waals surface area contributed by atoms with Crippen LogP contribution >= 0.6 is 22.7 Å². The summed E-state index contributed by atoms with van der Waals surface area (Å²) < 4.78 is 5.77. The van der Waals surface area contributed by atoms with Gasteiger partial charge in [0.25, 0.3) is 5.91 Å². The van der Waals surface area contributed by atoms with Crippen LogP contribution in [0, 0.1) is 0 Å². The van der Waals surface area contributed by atoms with Crippen LogP contribution in [0.3, 0.4) is 0 Å². The van der Waals surface area contributed by atoms with Crippen molar-refractivity contribution in [2.24, 2.45) is 4.99 Å². The first-order chi connectivity index (χ1) is 25.6. The molecule has 274 valence electrons. The maximum absolute atomic E-state index is 13.0. The fraction of sp³-hybridized carbons (Fsp3) is 0.297. The highest BCUT2D eigenvalue weighted by Crippen LogP contribution is 2.34. The van der Waals surface area contributed by atoms with Crippen molar-refractivity contribution < 1.29 is 33.5 Å². The Labute approximate surface area is 311 Å². The Morgan fingerprint density at radius 1 is 0.981 bits per heavy atom. The van der Waals surface area contributed by atoms with Crippen molar-refractivity contribution in [3.05, 3.63) is 85.0 Å². The number of aromatic amines is 1. The third-order valence-electron chi connectivity index (χ3n) is 8.61. The van der Waals surface area contributed by atoms with Crippen molar-refractivity contribution in [3.63, 3.8) is 0 Å². The zero-order chi connectivity index (χ0) is 37.3. The highest BCUT2D eigenvalue weighted by molar-refractivity contribution is 7.11. The number of ketones is 1. The van der Waals surface area contributed by atoms with Gasteiger partial charge in [0.2, 0.25) is 23.6 Å². The van der Waals surface area contributed by atoms with Gasteiger partial charge in [-0.2, -0.15) is 0 Å². The van der Waals surface area contributed by atoms with Gasteiger partial charge < -0.3 is 25.3 Å². The number of nitrogens with zero attached hydrogens (tertiary/aromatic N) is 2. The number of aliphatic imine (C=N–C) groups is 1. The molecular weight excluding hydrogens is 721 g/mol. The first-order valence-electron chi connectivity index (χ1n) is 17.0. The van der Waals surface area contributed by atoms with Crippen molar-refractivity contribution in [1.82, 2.24) is 20.5 Å². The molecule has 0 saturated carbocycles. The van der Waals surface area contributed by atoms with E-state index >= 15 is 0 Å². The van der Waals surface area contributed by atoms with E-state index in [4.69, 9.17) is 4.74 Å². The van der Waals surface area contributed by atoms with Gasteiger partial charge in [0.15, 0.2) is 5.78 Å². The maximum Gasteiger partial charge on any atom is 0.304 e. The average molecular weight is 757 g/mol. The van der Waals surface area contributed by atoms with Gasteiger partial charge in [0, 0.05) is 71.1 Å². The van der Waals surface area contributed by atoms with Crippen molar-refractivity contribution >= 4 is 75.6 Å². The Morgan fingerprint density at radius 2 is 1.83 bits per heavy atom. The lowest BCUT2D eigenvalue weighted by Gasteiger charge is -2.29. The first kappa shape index (κ1) is 37.0. The normalized spacial score (nSPS) is 15.4. The molecule has 16 heteroatoms. The molecule has 14 nitrogen and oxygen atoms in total. The van der Waals surface area contributed by atoms with E-state index in [9.17, 15) is 33.6 Å². The molecule has 0 aliphatic carbocycles. The first-order valence-corrected chi connectivity index (χ1v) is 18.8. The number of ether oxygens (including phenoxy) is 1. The summed E-state index contributed by atoms with van der Waals surface area (Å²) in [4.78, 5) is 95.9. The number of carbonyl (C=O) groups excluding carboxylic acids is 6. The van der Waals surface area contributed by atoms with E-state index in [1.807, 2.05) is 23.6 Å². The molecule has 53 heavy (non-hydrogen) atoms. The predicted octanol–water partition coefficient (Wildman–Crippen LogP) is 4.33. The number of carbonyl (C=O) groups is 6. The Kier molecular flexibility index (Phi) is 12.0. The molecule has 2 aromatic carbocycles. The molecule has 0 spiro atoms. The van der Waals surface area contributed by atoms with E-state index in [1.54, 1.807) is 53.3 Å². The monoisotopic (exact) mass is 756 g/mol. The summed E-state index contributed by atoms with van der Waals surface area (Å²) >= 11 is 2.59. The molecule has 1 saturated heterocycles. The molecule has 4 N–H and O–H groups in total. The number of anilines is 1. The number of piperidine rings is 1.